The van der Waals surface area contributed by atoms with Crippen LogP contribution in [-0.4, -0.2) is 54.1 Å². The van der Waals surface area contributed by atoms with E-state index in [2.05, 4.69) is 41.6 Å². The number of nitrogens with one attached hydrogen (secondary N) is 1. The number of para-hydroxylation sites is 1. The number of nitrogens with zero attached hydrogens (tertiary/aromatic N) is 6. The standard InChI is InChI=1S/C20H25N7O2S/c1-16(2)27-14-19(23-15-27)30(28,29)24-17-12-21-20(22-13-17)26-10-8-25(9-11-26)18-6-4-3-5-7-18/h3-7,12-16,24H,8-11H2,1-2H3. The van der Waals surface area contributed by atoms with Crippen LogP contribution in [0.1, 0.15) is 19.9 Å². The van der Waals surface area contributed by atoms with Crippen molar-refractivity contribution >= 4 is 27.3 Å². The Balaban J connectivity index is 1.38. The lowest BCUT2D eigenvalue weighted by Gasteiger charge is -2.36. The predicted octanol–water partition coefficient (Wildman–Crippen LogP) is 2.38. The number of aromatic nitrogens is 4. The Morgan fingerprint density at radius 3 is 2.17 bits per heavy atom. The third-order valence-corrected chi connectivity index (χ3v) is 6.29. The summed E-state index contributed by atoms with van der Waals surface area (Å²) in [6.45, 7) is 7.26. The molecule has 0 unspecified atom stereocenters. The highest BCUT2D eigenvalue weighted by Gasteiger charge is 2.21. The van der Waals surface area contributed by atoms with Crippen LogP contribution in [0.2, 0.25) is 0 Å². The van der Waals surface area contributed by atoms with Crippen LogP contribution in [0.15, 0.2) is 60.3 Å². The second-order valence-electron chi connectivity index (χ2n) is 7.44. The molecule has 1 fully saturated rings. The summed E-state index contributed by atoms with van der Waals surface area (Å²) in [5.41, 5.74) is 1.52. The van der Waals surface area contributed by atoms with Gasteiger partial charge in [-0.25, -0.2) is 15.0 Å². The highest BCUT2D eigenvalue weighted by atomic mass is 32.2. The molecule has 1 aromatic carbocycles. The molecule has 9 nitrogen and oxygen atoms in total. The fraction of sp³-hybridized carbons (Fsp3) is 0.350. The Labute approximate surface area is 176 Å². The molecule has 1 N–H and O–H groups in total. The topological polar surface area (TPSA) is 96.2 Å². The average molecular weight is 428 g/mol. The van der Waals surface area contributed by atoms with Crippen LogP contribution in [0.5, 0.6) is 0 Å². The molecule has 1 aliphatic heterocycles. The van der Waals surface area contributed by atoms with E-state index in [4.69, 9.17) is 0 Å². The van der Waals surface area contributed by atoms with Crippen molar-refractivity contribution in [1.82, 2.24) is 19.5 Å². The molecule has 30 heavy (non-hydrogen) atoms. The number of sulfonamides is 1. The van der Waals surface area contributed by atoms with E-state index in [1.807, 2.05) is 32.0 Å². The van der Waals surface area contributed by atoms with Crippen molar-refractivity contribution in [3.63, 3.8) is 0 Å². The predicted molar refractivity (Wildman–Crippen MR) is 116 cm³/mol. The Hall–Kier alpha value is -3.14. The van der Waals surface area contributed by atoms with Gasteiger partial charge in [0.15, 0.2) is 5.03 Å². The van der Waals surface area contributed by atoms with Crippen molar-refractivity contribution in [2.75, 3.05) is 40.7 Å². The van der Waals surface area contributed by atoms with E-state index in [0.29, 0.717) is 11.6 Å². The molecule has 0 amide bonds. The minimum atomic E-state index is -3.78. The van der Waals surface area contributed by atoms with E-state index < -0.39 is 10.0 Å². The van der Waals surface area contributed by atoms with E-state index in [1.165, 1.54) is 30.6 Å². The van der Waals surface area contributed by atoms with E-state index >= 15 is 0 Å². The van der Waals surface area contributed by atoms with Crippen LogP contribution in [0.3, 0.4) is 0 Å². The number of hydrogen-bond acceptors (Lipinski definition) is 7. The van der Waals surface area contributed by atoms with E-state index in [1.54, 1.807) is 4.57 Å². The lowest BCUT2D eigenvalue weighted by molar-refractivity contribution is 0.591. The lowest BCUT2D eigenvalue weighted by Crippen LogP contribution is -2.47. The van der Waals surface area contributed by atoms with Crippen molar-refractivity contribution in [2.24, 2.45) is 0 Å². The van der Waals surface area contributed by atoms with Crippen LogP contribution in [-0.2, 0) is 10.0 Å². The van der Waals surface area contributed by atoms with Gasteiger partial charge in [0.25, 0.3) is 10.0 Å². The summed E-state index contributed by atoms with van der Waals surface area (Å²) in [5, 5.41) is -0.0303. The maximum atomic E-state index is 12.5. The largest absolute Gasteiger partial charge is 0.368 e. The number of piperazine rings is 1. The van der Waals surface area contributed by atoms with Crippen molar-refractivity contribution in [1.29, 1.82) is 0 Å². The molecule has 0 spiro atoms. The molecule has 2 aromatic heterocycles. The van der Waals surface area contributed by atoms with Crippen LogP contribution < -0.4 is 14.5 Å². The first-order valence-electron chi connectivity index (χ1n) is 9.86. The van der Waals surface area contributed by atoms with E-state index in [-0.39, 0.29) is 11.1 Å². The Kier molecular flexibility index (Phi) is 5.58. The Morgan fingerprint density at radius 2 is 1.57 bits per heavy atom. The van der Waals surface area contributed by atoms with Crippen molar-refractivity contribution in [3.8, 4) is 0 Å². The lowest BCUT2D eigenvalue weighted by atomic mass is 10.2. The zero-order valence-corrected chi connectivity index (χ0v) is 17.8. The first kappa shape index (κ1) is 20.1. The minimum absolute atomic E-state index is 0.0303. The third-order valence-electron chi connectivity index (χ3n) is 5.02. The van der Waals surface area contributed by atoms with Gasteiger partial charge in [0.1, 0.15) is 0 Å². The minimum Gasteiger partial charge on any atom is -0.368 e. The van der Waals surface area contributed by atoms with Gasteiger partial charge < -0.3 is 14.4 Å². The van der Waals surface area contributed by atoms with Gasteiger partial charge in [0.05, 0.1) is 24.4 Å². The van der Waals surface area contributed by atoms with E-state index in [9.17, 15) is 8.42 Å². The van der Waals surface area contributed by atoms with Gasteiger partial charge in [-0.1, -0.05) is 18.2 Å². The van der Waals surface area contributed by atoms with Gasteiger partial charge in [-0.3, -0.25) is 4.72 Å². The molecular formula is C20H25N7O2S. The molecule has 10 heteroatoms. The third kappa shape index (κ3) is 4.38. The van der Waals surface area contributed by atoms with Gasteiger partial charge in [-0.05, 0) is 26.0 Å². The summed E-state index contributed by atoms with van der Waals surface area (Å²) in [7, 11) is -3.78. The molecule has 1 saturated heterocycles. The zero-order valence-electron chi connectivity index (χ0n) is 17.0. The molecule has 3 heterocycles. The van der Waals surface area contributed by atoms with Gasteiger partial charge in [0.2, 0.25) is 5.95 Å². The summed E-state index contributed by atoms with van der Waals surface area (Å²) in [5.74, 6) is 0.592. The molecule has 0 atom stereocenters. The summed E-state index contributed by atoms with van der Waals surface area (Å²) in [4.78, 5) is 17.1. The van der Waals surface area contributed by atoms with Gasteiger partial charge in [0, 0.05) is 44.1 Å². The average Bonchev–Trinajstić information content (AvgIpc) is 3.27. The van der Waals surface area contributed by atoms with Crippen molar-refractivity contribution in [2.45, 2.75) is 24.9 Å². The second kappa shape index (κ2) is 8.31. The molecule has 0 radical (unpaired) electrons. The van der Waals surface area contributed by atoms with Crippen molar-refractivity contribution in [3.05, 3.63) is 55.2 Å². The number of hydrogen-bond donors (Lipinski definition) is 1. The second-order valence-corrected chi connectivity index (χ2v) is 9.07. The number of imidazole rings is 1. The SMILES string of the molecule is CC(C)n1cnc(S(=O)(=O)Nc2cnc(N3CCN(c4ccccc4)CC3)nc2)c1. The van der Waals surface area contributed by atoms with Gasteiger partial charge >= 0.3 is 0 Å². The molecule has 0 bridgehead atoms. The normalized spacial score (nSPS) is 14.9. The van der Waals surface area contributed by atoms with Gasteiger partial charge in [-0.2, -0.15) is 8.42 Å². The molecule has 0 aliphatic carbocycles. The zero-order chi connectivity index (χ0) is 21.1. The fourth-order valence-electron chi connectivity index (χ4n) is 3.29. The molecule has 1 aliphatic rings. The van der Waals surface area contributed by atoms with Gasteiger partial charge in [-0.15, -0.1) is 0 Å². The number of rotatable bonds is 6. The Bertz CT molecular complexity index is 1070. The molecule has 0 saturated carbocycles. The highest BCUT2D eigenvalue weighted by Crippen LogP contribution is 2.19. The monoisotopic (exact) mass is 427 g/mol. The van der Waals surface area contributed by atoms with Crippen LogP contribution >= 0.6 is 0 Å². The van der Waals surface area contributed by atoms with Crippen LogP contribution in [0.4, 0.5) is 17.3 Å². The van der Waals surface area contributed by atoms with Crippen LogP contribution in [0, 0.1) is 0 Å². The summed E-state index contributed by atoms with van der Waals surface area (Å²) in [6, 6.07) is 10.4. The quantitative estimate of drug-likeness (QED) is 0.645. The highest BCUT2D eigenvalue weighted by molar-refractivity contribution is 7.92. The molecular weight excluding hydrogens is 402 g/mol. The summed E-state index contributed by atoms with van der Waals surface area (Å²) in [6.07, 6.45) is 5.99. The number of anilines is 3. The van der Waals surface area contributed by atoms with E-state index in [0.717, 1.165) is 26.2 Å². The fourth-order valence-corrected chi connectivity index (χ4v) is 4.25. The smallest absolute Gasteiger partial charge is 0.281 e. The molecule has 158 valence electrons. The Morgan fingerprint density at radius 1 is 0.933 bits per heavy atom. The first-order valence-corrected chi connectivity index (χ1v) is 11.3. The summed E-state index contributed by atoms with van der Waals surface area (Å²) >= 11 is 0. The molecule has 4 rings (SSSR count). The van der Waals surface area contributed by atoms with Crippen LogP contribution in [0.25, 0.3) is 0 Å². The maximum absolute atomic E-state index is 12.5. The first-order chi connectivity index (χ1) is 14.4. The molecule has 3 aromatic rings. The summed E-state index contributed by atoms with van der Waals surface area (Å²) < 4.78 is 29.3. The maximum Gasteiger partial charge on any atom is 0.281 e. The van der Waals surface area contributed by atoms with Crippen molar-refractivity contribution < 1.29 is 8.42 Å². The number of benzene rings is 1.